The van der Waals surface area contributed by atoms with Gasteiger partial charge in [0, 0.05) is 5.56 Å². The molecule has 0 aliphatic heterocycles. The van der Waals surface area contributed by atoms with E-state index in [-0.39, 0.29) is 11.3 Å². The Morgan fingerprint density at radius 1 is 1.00 bits per heavy atom. The molecule has 0 radical (unpaired) electrons. The molecular formula is C23H22N2O5. The maximum atomic E-state index is 12.1. The van der Waals surface area contributed by atoms with E-state index in [1.807, 2.05) is 30.3 Å². The van der Waals surface area contributed by atoms with Gasteiger partial charge in [-0.05, 0) is 29.8 Å². The second kappa shape index (κ2) is 9.97. The van der Waals surface area contributed by atoms with Crippen LogP contribution in [0.3, 0.4) is 0 Å². The van der Waals surface area contributed by atoms with Crippen LogP contribution in [-0.4, -0.2) is 31.4 Å². The molecule has 30 heavy (non-hydrogen) atoms. The average molecular weight is 406 g/mol. The Hall–Kier alpha value is -4.00. The molecule has 7 heteroatoms. The number of para-hydroxylation sites is 1. The third-order valence-electron chi connectivity index (χ3n) is 4.24. The number of amides is 1. The largest absolute Gasteiger partial charge is 0.507 e. The van der Waals surface area contributed by atoms with Crippen molar-refractivity contribution in [3.8, 4) is 23.0 Å². The number of hydrazone groups is 1. The monoisotopic (exact) mass is 406 g/mol. The number of nitrogens with zero attached hydrogens (tertiary/aromatic N) is 1. The molecule has 0 bridgehead atoms. The molecule has 0 aliphatic rings. The molecule has 7 nitrogen and oxygen atoms in total. The zero-order valence-electron chi connectivity index (χ0n) is 16.7. The smallest absolute Gasteiger partial charge is 0.275 e. The molecule has 3 rings (SSSR count). The van der Waals surface area contributed by atoms with E-state index in [1.165, 1.54) is 32.6 Å². The fourth-order valence-electron chi connectivity index (χ4n) is 2.74. The van der Waals surface area contributed by atoms with Gasteiger partial charge in [0.2, 0.25) is 5.75 Å². The van der Waals surface area contributed by atoms with Crippen molar-refractivity contribution < 1.29 is 24.1 Å². The van der Waals surface area contributed by atoms with Crippen LogP contribution in [0.4, 0.5) is 0 Å². The number of rotatable bonds is 8. The SMILES string of the molecule is COc1cc(/C=N\NC(=O)c2ccccc2O)cc(OC)c1OCc1ccccc1. The third-order valence-corrected chi connectivity index (χ3v) is 4.24. The molecule has 154 valence electrons. The van der Waals surface area contributed by atoms with E-state index in [1.54, 1.807) is 24.3 Å². The highest BCUT2D eigenvalue weighted by Crippen LogP contribution is 2.38. The van der Waals surface area contributed by atoms with Gasteiger partial charge in [0.25, 0.3) is 5.91 Å². The summed E-state index contributed by atoms with van der Waals surface area (Å²) in [6.07, 6.45) is 1.45. The van der Waals surface area contributed by atoms with Gasteiger partial charge >= 0.3 is 0 Å². The number of phenols is 1. The summed E-state index contributed by atoms with van der Waals surface area (Å²) in [5, 5.41) is 13.7. The summed E-state index contributed by atoms with van der Waals surface area (Å²) in [6, 6.07) is 19.4. The molecule has 0 aliphatic carbocycles. The van der Waals surface area contributed by atoms with Crippen molar-refractivity contribution in [2.45, 2.75) is 6.61 Å². The number of ether oxygens (including phenoxy) is 3. The summed E-state index contributed by atoms with van der Waals surface area (Å²) < 4.78 is 16.8. The van der Waals surface area contributed by atoms with Gasteiger partial charge in [0.1, 0.15) is 12.4 Å². The highest BCUT2D eigenvalue weighted by Gasteiger charge is 2.14. The minimum atomic E-state index is -0.522. The summed E-state index contributed by atoms with van der Waals surface area (Å²) in [4.78, 5) is 12.1. The summed E-state index contributed by atoms with van der Waals surface area (Å²) in [7, 11) is 3.07. The van der Waals surface area contributed by atoms with E-state index >= 15 is 0 Å². The maximum Gasteiger partial charge on any atom is 0.275 e. The molecule has 3 aromatic carbocycles. The standard InChI is InChI=1S/C23H22N2O5/c1-28-20-12-17(14-24-25-23(27)18-10-6-7-11-19(18)26)13-21(29-2)22(20)30-15-16-8-4-3-5-9-16/h3-14,26H,15H2,1-2H3,(H,25,27)/b24-14-. The highest BCUT2D eigenvalue weighted by molar-refractivity contribution is 5.97. The van der Waals surface area contributed by atoms with Crippen molar-refractivity contribution in [1.82, 2.24) is 5.43 Å². The zero-order chi connectivity index (χ0) is 21.3. The van der Waals surface area contributed by atoms with Crippen LogP contribution < -0.4 is 19.6 Å². The zero-order valence-corrected chi connectivity index (χ0v) is 16.7. The van der Waals surface area contributed by atoms with Gasteiger partial charge in [-0.2, -0.15) is 5.10 Å². The molecule has 0 heterocycles. The van der Waals surface area contributed by atoms with Crippen molar-refractivity contribution >= 4 is 12.1 Å². The number of phenolic OH excluding ortho intramolecular Hbond substituents is 1. The molecule has 0 atom stereocenters. The quantitative estimate of drug-likeness (QED) is 0.439. The van der Waals surface area contributed by atoms with Crippen molar-refractivity contribution in [3.63, 3.8) is 0 Å². The first-order valence-corrected chi connectivity index (χ1v) is 9.16. The third kappa shape index (κ3) is 5.08. The van der Waals surface area contributed by atoms with Gasteiger partial charge in [0.15, 0.2) is 11.5 Å². The van der Waals surface area contributed by atoms with Gasteiger partial charge in [-0.25, -0.2) is 5.43 Å². The van der Waals surface area contributed by atoms with E-state index < -0.39 is 5.91 Å². The van der Waals surface area contributed by atoms with Crippen molar-refractivity contribution in [2.75, 3.05) is 14.2 Å². The maximum absolute atomic E-state index is 12.1. The van der Waals surface area contributed by atoms with Crippen LogP contribution in [0.5, 0.6) is 23.0 Å². The van der Waals surface area contributed by atoms with Crippen LogP contribution in [0.25, 0.3) is 0 Å². The molecule has 3 aromatic rings. The second-order valence-electron chi connectivity index (χ2n) is 6.25. The van der Waals surface area contributed by atoms with Crippen LogP contribution in [-0.2, 0) is 6.61 Å². The number of hydrogen-bond acceptors (Lipinski definition) is 6. The summed E-state index contributed by atoms with van der Waals surface area (Å²) >= 11 is 0. The Kier molecular flexibility index (Phi) is 6.89. The van der Waals surface area contributed by atoms with E-state index in [4.69, 9.17) is 14.2 Å². The lowest BCUT2D eigenvalue weighted by atomic mass is 10.2. The van der Waals surface area contributed by atoms with E-state index in [2.05, 4.69) is 10.5 Å². The van der Waals surface area contributed by atoms with Crippen LogP contribution in [0.2, 0.25) is 0 Å². The normalized spacial score (nSPS) is 10.6. The van der Waals surface area contributed by atoms with E-state index in [0.29, 0.717) is 29.4 Å². The molecule has 0 aromatic heterocycles. The van der Waals surface area contributed by atoms with Gasteiger partial charge in [0.05, 0.1) is 26.0 Å². The Bertz CT molecular complexity index is 1010. The minimum absolute atomic E-state index is 0.117. The number of methoxy groups -OCH3 is 2. The van der Waals surface area contributed by atoms with Gasteiger partial charge in [-0.15, -0.1) is 0 Å². The number of aromatic hydroxyl groups is 1. The molecule has 0 spiro atoms. The number of benzene rings is 3. The average Bonchev–Trinajstić information content (AvgIpc) is 2.78. The second-order valence-corrected chi connectivity index (χ2v) is 6.25. The Morgan fingerprint density at radius 3 is 2.27 bits per heavy atom. The Labute approximate surface area is 174 Å². The van der Waals surface area contributed by atoms with Crippen molar-refractivity contribution in [3.05, 3.63) is 83.4 Å². The molecule has 2 N–H and O–H groups in total. The number of carbonyl (C=O) groups excluding carboxylic acids is 1. The summed E-state index contributed by atoms with van der Waals surface area (Å²) in [5.41, 5.74) is 4.16. The lowest BCUT2D eigenvalue weighted by Crippen LogP contribution is -2.17. The summed E-state index contributed by atoms with van der Waals surface area (Å²) in [6.45, 7) is 0.359. The summed E-state index contributed by atoms with van der Waals surface area (Å²) in [5.74, 6) is 0.774. The molecule has 0 unspecified atom stereocenters. The number of hydrogen-bond donors (Lipinski definition) is 2. The first-order chi connectivity index (χ1) is 14.6. The fourth-order valence-corrected chi connectivity index (χ4v) is 2.74. The highest BCUT2D eigenvalue weighted by atomic mass is 16.5. The molecule has 1 amide bonds. The van der Waals surface area contributed by atoms with Gasteiger partial charge < -0.3 is 19.3 Å². The van der Waals surface area contributed by atoms with Gasteiger partial charge in [-0.3, -0.25) is 4.79 Å². The number of carbonyl (C=O) groups is 1. The predicted octanol–water partition coefficient (Wildman–Crippen LogP) is 3.75. The van der Waals surface area contributed by atoms with E-state index in [0.717, 1.165) is 5.56 Å². The van der Waals surface area contributed by atoms with Crippen LogP contribution in [0.1, 0.15) is 21.5 Å². The Balaban J connectivity index is 1.75. The van der Waals surface area contributed by atoms with Crippen LogP contribution in [0.15, 0.2) is 71.8 Å². The topological polar surface area (TPSA) is 89.4 Å². The van der Waals surface area contributed by atoms with Crippen molar-refractivity contribution in [2.24, 2.45) is 5.10 Å². The van der Waals surface area contributed by atoms with Crippen molar-refractivity contribution in [1.29, 1.82) is 0 Å². The minimum Gasteiger partial charge on any atom is -0.507 e. The molecule has 0 saturated carbocycles. The van der Waals surface area contributed by atoms with Crippen LogP contribution >= 0.6 is 0 Å². The van der Waals surface area contributed by atoms with Crippen LogP contribution in [0, 0.1) is 0 Å². The molecule has 0 saturated heterocycles. The lowest BCUT2D eigenvalue weighted by molar-refractivity contribution is 0.0952. The lowest BCUT2D eigenvalue weighted by Gasteiger charge is -2.15. The fraction of sp³-hybridized carbons (Fsp3) is 0.130. The number of nitrogens with one attached hydrogen (secondary N) is 1. The predicted molar refractivity (Wildman–Crippen MR) is 113 cm³/mol. The first kappa shape index (κ1) is 20.7. The molecule has 0 fully saturated rings. The first-order valence-electron chi connectivity index (χ1n) is 9.16. The van der Waals surface area contributed by atoms with E-state index in [9.17, 15) is 9.90 Å². The van der Waals surface area contributed by atoms with Gasteiger partial charge in [-0.1, -0.05) is 42.5 Å². The molecular weight excluding hydrogens is 384 g/mol. The Morgan fingerprint density at radius 2 is 1.63 bits per heavy atom.